The lowest BCUT2D eigenvalue weighted by Crippen LogP contribution is -2.42. The van der Waals surface area contributed by atoms with Gasteiger partial charge in [-0.25, -0.2) is 4.99 Å². The third-order valence-electron chi connectivity index (χ3n) is 4.11. The van der Waals surface area contributed by atoms with Crippen molar-refractivity contribution in [1.29, 1.82) is 0 Å². The van der Waals surface area contributed by atoms with E-state index in [-0.39, 0.29) is 36.6 Å². The first-order valence-corrected chi connectivity index (χ1v) is 9.47. The molecule has 0 bridgehead atoms. The highest BCUT2D eigenvalue weighted by atomic mass is 127. The standard InChI is InChI=1S/C21H31N3O4.HI/c1-6-22-20(24-14-21(4,25)19-12-11-15(2)28-19)23-13-16(3)27-18-10-8-7-9-17(18)26-5;/h7-12,16,25H,6,13-14H2,1-5H3,(H2,22,23,24);1H. The molecule has 2 atom stereocenters. The number of aryl methyl sites for hydroxylation is 1. The van der Waals surface area contributed by atoms with Crippen LogP contribution in [0.2, 0.25) is 0 Å². The molecule has 2 aromatic rings. The summed E-state index contributed by atoms with van der Waals surface area (Å²) in [6, 6.07) is 11.1. The fourth-order valence-corrected chi connectivity index (χ4v) is 2.59. The number of guanidine groups is 1. The van der Waals surface area contributed by atoms with Gasteiger partial charge in [-0.3, -0.25) is 0 Å². The number of para-hydroxylation sites is 2. The van der Waals surface area contributed by atoms with Gasteiger partial charge in [-0.15, -0.1) is 24.0 Å². The van der Waals surface area contributed by atoms with Crippen molar-refractivity contribution in [3.63, 3.8) is 0 Å². The second kappa shape index (κ2) is 11.9. The summed E-state index contributed by atoms with van der Waals surface area (Å²) in [6.45, 7) is 8.88. The number of benzene rings is 1. The molecule has 1 heterocycles. The van der Waals surface area contributed by atoms with Crippen molar-refractivity contribution in [3.05, 3.63) is 47.9 Å². The molecule has 3 N–H and O–H groups in total. The molecule has 0 fully saturated rings. The zero-order valence-electron chi connectivity index (χ0n) is 17.7. The predicted octanol–water partition coefficient (Wildman–Crippen LogP) is 3.44. The van der Waals surface area contributed by atoms with Crippen LogP contribution in [0.1, 0.15) is 32.3 Å². The molecule has 1 aromatic heterocycles. The minimum absolute atomic E-state index is 0. The quantitative estimate of drug-likeness (QED) is 0.269. The van der Waals surface area contributed by atoms with Gasteiger partial charge in [0.1, 0.15) is 23.2 Å². The molecule has 2 unspecified atom stereocenters. The van der Waals surface area contributed by atoms with Gasteiger partial charge in [0, 0.05) is 6.54 Å². The van der Waals surface area contributed by atoms with E-state index < -0.39 is 5.60 Å². The Morgan fingerprint density at radius 1 is 1.21 bits per heavy atom. The van der Waals surface area contributed by atoms with Gasteiger partial charge in [-0.2, -0.15) is 0 Å². The highest BCUT2D eigenvalue weighted by molar-refractivity contribution is 14.0. The van der Waals surface area contributed by atoms with Crippen LogP contribution in [-0.2, 0) is 5.60 Å². The summed E-state index contributed by atoms with van der Waals surface area (Å²) in [5, 5.41) is 17.1. The minimum atomic E-state index is -1.18. The summed E-state index contributed by atoms with van der Waals surface area (Å²) in [6.07, 6.45) is -0.117. The van der Waals surface area contributed by atoms with Gasteiger partial charge in [0.15, 0.2) is 17.5 Å². The number of hydrogen-bond donors (Lipinski definition) is 3. The largest absolute Gasteiger partial charge is 0.493 e. The fraction of sp³-hybridized carbons (Fsp3) is 0.476. The molecule has 29 heavy (non-hydrogen) atoms. The number of nitrogens with one attached hydrogen (secondary N) is 2. The molecule has 0 radical (unpaired) electrons. The van der Waals surface area contributed by atoms with Gasteiger partial charge < -0.3 is 29.6 Å². The Labute approximate surface area is 189 Å². The summed E-state index contributed by atoms with van der Waals surface area (Å²) in [5.74, 6) is 3.24. The first kappa shape index (κ1) is 25.1. The van der Waals surface area contributed by atoms with Gasteiger partial charge in [0.05, 0.1) is 20.2 Å². The van der Waals surface area contributed by atoms with Crippen LogP contribution in [-0.4, -0.2) is 43.9 Å². The maximum atomic E-state index is 10.7. The molecule has 0 saturated heterocycles. The number of furan rings is 1. The van der Waals surface area contributed by atoms with Crippen LogP contribution in [0.15, 0.2) is 45.8 Å². The third-order valence-corrected chi connectivity index (χ3v) is 4.11. The Morgan fingerprint density at radius 3 is 2.48 bits per heavy atom. The lowest BCUT2D eigenvalue weighted by Gasteiger charge is -2.21. The molecule has 0 amide bonds. The summed E-state index contributed by atoms with van der Waals surface area (Å²) in [5.41, 5.74) is -1.18. The molecule has 0 saturated carbocycles. The van der Waals surface area contributed by atoms with Crippen LogP contribution in [0.25, 0.3) is 0 Å². The van der Waals surface area contributed by atoms with Crippen LogP contribution >= 0.6 is 24.0 Å². The Bertz CT molecular complexity index is 777. The van der Waals surface area contributed by atoms with E-state index in [0.29, 0.717) is 36.3 Å². The molecule has 7 nitrogen and oxygen atoms in total. The second-order valence-electron chi connectivity index (χ2n) is 6.84. The van der Waals surface area contributed by atoms with E-state index in [1.807, 2.05) is 51.1 Å². The molecule has 0 spiro atoms. The van der Waals surface area contributed by atoms with Crippen molar-refractivity contribution >= 4 is 29.9 Å². The topological polar surface area (TPSA) is 88.3 Å². The molecule has 162 valence electrons. The number of hydrogen-bond acceptors (Lipinski definition) is 5. The molecule has 1 aromatic carbocycles. The van der Waals surface area contributed by atoms with E-state index in [9.17, 15) is 5.11 Å². The average molecular weight is 517 g/mol. The van der Waals surface area contributed by atoms with Gasteiger partial charge in [-0.05, 0) is 52.0 Å². The SMILES string of the molecule is CCNC(=NCC(C)(O)c1ccc(C)o1)NCC(C)Oc1ccccc1OC.I. The Balaban J connectivity index is 0.00000420. The molecular formula is C21H32IN3O4. The Kier molecular flexibility index (Phi) is 10.3. The zero-order chi connectivity index (χ0) is 20.6. The average Bonchev–Trinajstić information content (AvgIpc) is 3.12. The van der Waals surface area contributed by atoms with Crippen molar-refractivity contribution in [2.24, 2.45) is 4.99 Å². The van der Waals surface area contributed by atoms with Crippen molar-refractivity contribution in [1.82, 2.24) is 10.6 Å². The summed E-state index contributed by atoms with van der Waals surface area (Å²) in [4.78, 5) is 4.49. The van der Waals surface area contributed by atoms with Crippen LogP contribution in [0.4, 0.5) is 0 Å². The highest BCUT2D eigenvalue weighted by Gasteiger charge is 2.26. The minimum Gasteiger partial charge on any atom is -0.493 e. The van der Waals surface area contributed by atoms with Crippen molar-refractivity contribution in [2.45, 2.75) is 39.4 Å². The monoisotopic (exact) mass is 517 g/mol. The number of ether oxygens (including phenoxy) is 2. The summed E-state index contributed by atoms with van der Waals surface area (Å²) >= 11 is 0. The fourth-order valence-electron chi connectivity index (χ4n) is 2.59. The van der Waals surface area contributed by atoms with Gasteiger partial charge in [0.2, 0.25) is 0 Å². The maximum Gasteiger partial charge on any atom is 0.191 e. The van der Waals surface area contributed by atoms with Gasteiger partial charge in [-0.1, -0.05) is 12.1 Å². The van der Waals surface area contributed by atoms with E-state index in [0.717, 1.165) is 5.76 Å². The molecule has 0 aliphatic heterocycles. The van der Waals surface area contributed by atoms with E-state index in [4.69, 9.17) is 13.9 Å². The van der Waals surface area contributed by atoms with E-state index >= 15 is 0 Å². The smallest absolute Gasteiger partial charge is 0.191 e. The number of aliphatic hydroxyl groups is 1. The first-order valence-electron chi connectivity index (χ1n) is 9.47. The Hall–Kier alpha value is -1.94. The Morgan fingerprint density at radius 2 is 1.90 bits per heavy atom. The van der Waals surface area contributed by atoms with Gasteiger partial charge >= 0.3 is 0 Å². The molecule has 0 aliphatic carbocycles. The van der Waals surface area contributed by atoms with Crippen LogP contribution < -0.4 is 20.1 Å². The second-order valence-corrected chi connectivity index (χ2v) is 6.84. The predicted molar refractivity (Wildman–Crippen MR) is 125 cm³/mol. The van der Waals surface area contributed by atoms with E-state index in [1.54, 1.807) is 20.1 Å². The molecule has 2 rings (SSSR count). The molecule has 8 heteroatoms. The molecular weight excluding hydrogens is 485 g/mol. The van der Waals surface area contributed by atoms with Crippen molar-refractivity contribution in [3.8, 4) is 11.5 Å². The van der Waals surface area contributed by atoms with Gasteiger partial charge in [0.25, 0.3) is 0 Å². The first-order chi connectivity index (χ1) is 13.4. The number of nitrogens with zero attached hydrogens (tertiary/aromatic N) is 1. The van der Waals surface area contributed by atoms with E-state index in [2.05, 4.69) is 15.6 Å². The van der Waals surface area contributed by atoms with Crippen LogP contribution in [0.5, 0.6) is 11.5 Å². The van der Waals surface area contributed by atoms with Crippen LogP contribution in [0.3, 0.4) is 0 Å². The third kappa shape index (κ3) is 7.77. The number of methoxy groups -OCH3 is 1. The number of aliphatic imine (C=N–C) groups is 1. The lowest BCUT2D eigenvalue weighted by molar-refractivity contribution is 0.0428. The number of halogens is 1. The van der Waals surface area contributed by atoms with E-state index in [1.165, 1.54) is 0 Å². The van der Waals surface area contributed by atoms with Crippen LogP contribution in [0, 0.1) is 6.92 Å². The number of rotatable bonds is 9. The summed E-state index contributed by atoms with van der Waals surface area (Å²) < 4.78 is 16.8. The summed E-state index contributed by atoms with van der Waals surface area (Å²) in [7, 11) is 1.62. The maximum absolute atomic E-state index is 10.7. The lowest BCUT2D eigenvalue weighted by atomic mass is 10.0. The highest BCUT2D eigenvalue weighted by Crippen LogP contribution is 2.26. The normalized spacial score (nSPS) is 14.3. The zero-order valence-corrected chi connectivity index (χ0v) is 20.0. The molecule has 0 aliphatic rings. The van der Waals surface area contributed by atoms with Crippen molar-refractivity contribution in [2.75, 3.05) is 26.7 Å². The van der Waals surface area contributed by atoms with Crippen molar-refractivity contribution < 1.29 is 19.0 Å².